The first-order valence-electron chi connectivity index (χ1n) is 11.4. The molecule has 1 atom stereocenters. The minimum atomic E-state index is -0.431. The van der Waals surface area contributed by atoms with Crippen LogP contribution in [0.15, 0.2) is 34.1 Å². The average molecular weight is 468 g/mol. The molecule has 0 bridgehead atoms. The van der Waals surface area contributed by atoms with Gasteiger partial charge >= 0.3 is 5.69 Å². The van der Waals surface area contributed by atoms with E-state index in [1.807, 2.05) is 19.1 Å². The van der Waals surface area contributed by atoms with Gasteiger partial charge in [0, 0.05) is 45.8 Å². The zero-order valence-electron chi connectivity index (χ0n) is 19.7. The number of imidazole rings is 1. The van der Waals surface area contributed by atoms with E-state index in [2.05, 4.69) is 15.3 Å². The van der Waals surface area contributed by atoms with E-state index in [1.54, 1.807) is 22.6 Å². The quantitative estimate of drug-likeness (QED) is 0.572. The van der Waals surface area contributed by atoms with Crippen molar-refractivity contribution in [1.29, 1.82) is 0 Å². The average Bonchev–Trinajstić information content (AvgIpc) is 3.25. The number of pyridine rings is 1. The molecule has 180 valence electrons. The van der Waals surface area contributed by atoms with Crippen LogP contribution in [0.2, 0.25) is 0 Å². The number of hydrogen-bond donors (Lipinski definition) is 1. The number of anilines is 1. The van der Waals surface area contributed by atoms with E-state index in [0.717, 1.165) is 23.1 Å². The number of hydrogen-bond acceptors (Lipinski definition) is 6. The monoisotopic (exact) mass is 467 g/mol. The highest BCUT2D eigenvalue weighted by atomic mass is 16.2. The second kappa shape index (κ2) is 9.62. The van der Waals surface area contributed by atoms with Crippen molar-refractivity contribution in [3.63, 3.8) is 0 Å². The first-order valence-corrected chi connectivity index (χ1v) is 11.4. The van der Waals surface area contributed by atoms with Gasteiger partial charge in [0.15, 0.2) is 11.2 Å². The molecule has 11 nitrogen and oxygen atoms in total. The lowest BCUT2D eigenvalue weighted by atomic mass is 9.96. The van der Waals surface area contributed by atoms with E-state index in [4.69, 9.17) is 0 Å². The van der Waals surface area contributed by atoms with Crippen molar-refractivity contribution >= 4 is 28.8 Å². The second-order valence-corrected chi connectivity index (χ2v) is 8.75. The van der Waals surface area contributed by atoms with E-state index in [-0.39, 0.29) is 17.7 Å². The molecule has 2 amide bonds. The largest absolute Gasteiger partial charge is 0.342 e. The van der Waals surface area contributed by atoms with Gasteiger partial charge in [0.05, 0.1) is 12.2 Å². The van der Waals surface area contributed by atoms with E-state index < -0.39 is 11.2 Å². The number of fused-ring (bicyclic) bond motifs is 1. The Bertz CT molecular complexity index is 1350. The molecule has 0 spiro atoms. The van der Waals surface area contributed by atoms with Crippen LogP contribution in [-0.4, -0.2) is 53.5 Å². The summed E-state index contributed by atoms with van der Waals surface area (Å²) in [6, 6.07) is 5.46. The van der Waals surface area contributed by atoms with Crippen molar-refractivity contribution in [3.8, 4) is 0 Å². The number of amides is 2. The number of carbonyl (C=O) groups is 2. The van der Waals surface area contributed by atoms with Gasteiger partial charge in [-0.25, -0.2) is 14.8 Å². The van der Waals surface area contributed by atoms with Crippen molar-refractivity contribution in [3.05, 3.63) is 51.1 Å². The molecule has 4 rings (SSSR count). The Labute approximate surface area is 196 Å². The number of likely N-dealkylation sites (tertiary alicyclic amines) is 1. The van der Waals surface area contributed by atoms with E-state index >= 15 is 0 Å². The van der Waals surface area contributed by atoms with Gasteiger partial charge in [0.25, 0.3) is 5.56 Å². The third kappa shape index (κ3) is 4.63. The predicted octanol–water partition coefficient (Wildman–Crippen LogP) is 0.795. The molecular weight excluding hydrogens is 438 g/mol. The summed E-state index contributed by atoms with van der Waals surface area (Å²) in [5, 5.41) is 2.85. The third-order valence-corrected chi connectivity index (χ3v) is 6.29. The number of piperidine rings is 1. The highest BCUT2D eigenvalue weighted by Gasteiger charge is 2.28. The minimum Gasteiger partial charge on any atom is -0.342 e. The standard InChI is InChI=1S/C23H29N7O4/c1-15-7-4-9-17(25-15)26-21(32)16-8-5-11-29(13-16)18(31)10-6-12-30-14-24-20-19(30)22(33)28(3)23(34)27(20)2/h4,7,9,14,16H,5-6,8,10-13H2,1-3H3,(H,25,26,32). The number of carbonyl (C=O) groups excluding carboxylic acids is 2. The summed E-state index contributed by atoms with van der Waals surface area (Å²) >= 11 is 0. The fourth-order valence-corrected chi connectivity index (χ4v) is 4.38. The van der Waals surface area contributed by atoms with Gasteiger partial charge in [-0.1, -0.05) is 6.07 Å². The predicted molar refractivity (Wildman–Crippen MR) is 126 cm³/mol. The first-order chi connectivity index (χ1) is 16.3. The molecule has 3 aromatic heterocycles. The van der Waals surface area contributed by atoms with Crippen molar-refractivity contribution < 1.29 is 9.59 Å². The lowest BCUT2D eigenvalue weighted by Crippen LogP contribution is -2.43. The molecule has 0 saturated carbocycles. The van der Waals surface area contributed by atoms with E-state index in [9.17, 15) is 19.2 Å². The second-order valence-electron chi connectivity index (χ2n) is 8.75. The fourth-order valence-electron chi connectivity index (χ4n) is 4.38. The molecule has 4 heterocycles. The molecule has 1 unspecified atom stereocenters. The molecule has 0 radical (unpaired) electrons. The highest BCUT2D eigenvalue weighted by molar-refractivity contribution is 5.92. The third-order valence-electron chi connectivity index (χ3n) is 6.29. The van der Waals surface area contributed by atoms with Crippen molar-refractivity contribution in [2.24, 2.45) is 20.0 Å². The maximum Gasteiger partial charge on any atom is 0.332 e. The molecule has 11 heteroatoms. The van der Waals surface area contributed by atoms with Gasteiger partial charge in [-0.15, -0.1) is 0 Å². The summed E-state index contributed by atoms with van der Waals surface area (Å²) in [6.07, 6.45) is 3.82. The zero-order chi connectivity index (χ0) is 24.4. The zero-order valence-corrected chi connectivity index (χ0v) is 19.7. The summed E-state index contributed by atoms with van der Waals surface area (Å²) < 4.78 is 4.08. The van der Waals surface area contributed by atoms with Crippen LogP contribution in [0.3, 0.4) is 0 Å². The first kappa shape index (κ1) is 23.4. The maximum atomic E-state index is 12.8. The summed E-state index contributed by atoms with van der Waals surface area (Å²) in [6.45, 7) is 3.30. The number of aromatic nitrogens is 5. The molecule has 3 aromatic rings. The molecule has 1 N–H and O–H groups in total. The highest BCUT2D eigenvalue weighted by Crippen LogP contribution is 2.20. The van der Waals surface area contributed by atoms with Crippen LogP contribution in [0, 0.1) is 12.8 Å². The Morgan fingerprint density at radius 1 is 1.18 bits per heavy atom. The van der Waals surface area contributed by atoms with Crippen LogP contribution in [0.25, 0.3) is 11.2 Å². The van der Waals surface area contributed by atoms with Gasteiger partial charge in [-0.05, 0) is 38.3 Å². The van der Waals surface area contributed by atoms with Gasteiger partial charge in [0.2, 0.25) is 11.8 Å². The molecule has 0 aliphatic carbocycles. The topological polar surface area (TPSA) is 124 Å². The Kier molecular flexibility index (Phi) is 6.62. The van der Waals surface area contributed by atoms with E-state index in [0.29, 0.717) is 49.5 Å². The van der Waals surface area contributed by atoms with Crippen LogP contribution in [0.4, 0.5) is 5.82 Å². The van der Waals surface area contributed by atoms with Crippen LogP contribution in [0.1, 0.15) is 31.4 Å². The Morgan fingerprint density at radius 3 is 2.74 bits per heavy atom. The van der Waals surface area contributed by atoms with Crippen molar-refractivity contribution in [1.82, 2.24) is 28.6 Å². The lowest BCUT2D eigenvalue weighted by molar-refractivity contribution is -0.134. The van der Waals surface area contributed by atoms with Crippen LogP contribution in [-0.2, 0) is 30.2 Å². The number of nitrogens with one attached hydrogen (secondary N) is 1. The number of aryl methyl sites for hydroxylation is 3. The molecule has 1 aliphatic heterocycles. The molecule has 1 saturated heterocycles. The maximum absolute atomic E-state index is 12.8. The number of rotatable bonds is 6. The Morgan fingerprint density at radius 2 is 1.97 bits per heavy atom. The number of nitrogens with zero attached hydrogens (tertiary/aromatic N) is 6. The van der Waals surface area contributed by atoms with Crippen LogP contribution >= 0.6 is 0 Å². The van der Waals surface area contributed by atoms with Gasteiger partial charge in [-0.2, -0.15) is 0 Å². The Hall–Kier alpha value is -3.76. The van der Waals surface area contributed by atoms with Gasteiger partial charge in [0.1, 0.15) is 5.82 Å². The summed E-state index contributed by atoms with van der Waals surface area (Å²) in [5.41, 5.74) is 0.655. The summed E-state index contributed by atoms with van der Waals surface area (Å²) in [7, 11) is 3.01. The van der Waals surface area contributed by atoms with Gasteiger partial charge in [-0.3, -0.25) is 23.5 Å². The van der Waals surface area contributed by atoms with Crippen LogP contribution in [0.5, 0.6) is 0 Å². The molecular formula is C23H29N7O4. The molecule has 34 heavy (non-hydrogen) atoms. The Balaban J connectivity index is 1.35. The molecule has 1 aliphatic rings. The normalized spacial score (nSPS) is 16.1. The molecule has 1 fully saturated rings. The van der Waals surface area contributed by atoms with E-state index in [1.165, 1.54) is 17.9 Å². The lowest BCUT2D eigenvalue weighted by Gasteiger charge is -2.32. The van der Waals surface area contributed by atoms with Crippen molar-refractivity contribution in [2.75, 3.05) is 18.4 Å². The SMILES string of the molecule is Cc1cccc(NC(=O)C2CCCN(C(=O)CCCn3cnc4c3c(=O)n(C)c(=O)n4C)C2)n1. The summed E-state index contributed by atoms with van der Waals surface area (Å²) in [5.74, 6) is 0.101. The smallest absolute Gasteiger partial charge is 0.332 e. The minimum absolute atomic E-state index is 0.0177. The van der Waals surface area contributed by atoms with Crippen molar-refractivity contribution in [2.45, 2.75) is 39.2 Å². The van der Waals surface area contributed by atoms with Gasteiger partial charge < -0.3 is 14.8 Å². The molecule has 0 aromatic carbocycles. The summed E-state index contributed by atoms with van der Waals surface area (Å²) in [4.78, 5) is 60.4. The van der Waals surface area contributed by atoms with Crippen LogP contribution < -0.4 is 16.6 Å². The fraction of sp³-hybridized carbons (Fsp3) is 0.478.